The van der Waals surface area contributed by atoms with Crippen LogP contribution in [0.1, 0.15) is 38.5 Å². The number of sulfone groups is 1. The first kappa shape index (κ1) is 20.2. The number of hydrogen-bond donors (Lipinski definition) is 0. The van der Waals surface area contributed by atoms with Crippen molar-refractivity contribution >= 4 is 21.4 Å². The number of benzene rings is 1. The Morgan fingerprint density at radius 3 is 1.97 bits per heavy atom. The van der Waals surface area contributed by atoms with Gasteiger partial charge in [0.05, 0.1) is 11.0 Å². The topological polar surface area (TPSA) is 81.5 Å². The summed E-state index contributed by atoms with van der Waals surface area (Å²) in [6.07, 6.45) is 7.04. The lowest BCUT2D eigenvalue weighted by atomic mass is 9.78. The molecule has 0 atom stereocenters. The normalized spacial score (nSPS) is 22.9. The molecule has 0 aromatic heterocycles. The average Bonchev–Trinajstić information content (AvgIpc) is 3.54. The van der Waals surface area contributed by atoms with Crippen LogP contribution in [0.15, 0.2) is 29.2 Å². The summed E-state index contributed by atoms with van der Waals surface area (Å²) in [6.45, 7) is 3.55. The van der Waals surface area contributed by atoms with Crippen LogP contribution >= 0.6 is 0 Å². The third-order valence-corrected chi connectivity index (χ3v) is 8.17. The molecule has 6 nitrogen and oxygen atoms in total. The Kier molecular flexibility index (Phi) is 5.32. The number of anilines is 1. The average molecular weight is 416 g/mol. The molecule has 1 aromatic carbocycles. The summed E-state index contributed by atoms with van der Waals surface area (Å²) in [7, 11) is -3.16. The molecule has 3 fully saturated rings. The highest BCUT2D eigenvalue weighted by molar-refractivity contribution is 7.90. The fourth-order valence-electron chi connectivity index (χ4n) is 4.91. The predicted octanol–water partition coefficient (Wildman–Crippen LogP) is 2.85. The molecule has 0 radical (unpaired) electrons. The number of hydrogen-bond acceptors (Lipinski definition) is 5. The molecular weight excluding hydrogens is 386 g/mol. The Balaban J connectivity index is 1.27. The van der Waals surface area contributed by atoms with Crippen molar-refractivity contribution < 1.29 is 13.2 Å². The van der Waals surface area contributed by atoms with E-state index in [4.69, 9.17) is 0 Å². The van der Waals surface area contributed by atoms with Gasteiger partial charge in [-0.15, -0.1) is 0 Å². The summed E-state index contributed by atoms with van der Waals surface area (Å²) in [5.74, 6) is 1.40. The van der Waals surface area contributed by atoms with Crippen LogP contribution in [0.4, 0.5) is 5.69 Å². The largest absolute Gasteiger partial charge is 0.372 e. The summed E-state index contributed by atoms with van der Waals surface area (Å²) in [4.78, 5) is 17.2. The molecule has 156 valence electrons. The molecule has 7 heteroatoms. The van der Waals surface area contributed by atoms with Crippen molar-refractivity contribution in [2.45, 2.75) is 43.4 Å². The van der Waals surface area contributed by atoms with Crippen molar-refractivity contribution in [2.75, 3.05) is 37.3 Å². The van der Waals surface area contributed by atoms with Gasteiger partial charge in [-0.3, -0.25) is 4.79 Å². The van der Waals surface area contributed by atoms with Crippen LogP contribution in [0, 0.1) is 28.6 Å². The van der Waals surface area contributed by atoms with Gasteiger partial charge in [0.2, 0.25) is 5.91 Å². The van der Waals surface area contributed by atoms with E-state index in [2.05, 4.69) is 11.0 Å². The van der Waals surface area contributed by atoms with Crippen molar-refractivity contribution in [1.82, 2.24) is 4.90 Å². The van der Waals surface area contributed by atoms with Crippen LogP contribution < -0.4 is 4.90 Å². The van der Waals surface area contributed by atoms with Gasteiger partial charge in [0.15, 0.2) is 9.84 Å². The van der Waals surface area contributed by atoms with E-state index in [1.807, 2.05) is 17.0 Å². The third-order valence-electron chi connectivity index (χ3n) is 7.04. The molecule has 0 N–H and O–H groups in total. The highest BCUT2D eigenvalue weighted by Gasteiger charge is 2.52. The number of carbonyl (C=O) groups excluding carboxylic acids is 1. The molecule has 1 aliphatic carbocycles. The molecule has 0 bridgehead atoms. The van der Waals surface area contributed by atoms with Gasteiger partial charge in [0.25, 0.3) is 0 Å². The van der Waals surface area contributed by atoms with Gasteiger partial charge in [-0.1, -0.05) is 0 Å². The third kappa shape index (κ3) is 4.13. The first-order valence-corrected chi connectivity index (χ1v) is 12.5. The Hall–Kier alpha value is -2.07. The SMILES string of the molecule is CS(=O)(=O)c1ccc(N2CCC(C3CCN(C(=O)C4(C#N)CC4)CC3)CC2)cc1. The molecule has 0 spiro atoms. The van der Waals surface area contributed by atoms with E-state index in [0.29, 0.717) is 16.7 Å². The Bertz CT molecular complexity index is 900. The zero-order valence-electron chi connectivity index (χ0n) is 17.0. The van der Waals surface area contributed by atoms with Gasteiger partial charge in [-0.05, 0) is 74.6 Å². The maximum atomic E-state index is 12.5. The maximum Gasteiger partial charge on any atom is 0.243 e. The van der Waals surface area contributed by atoms with Gasteiger partial charge in [0.1, 0.15) is 5.41 Å². The number of nitrogens with zero attached hydrogens (tertiary/aromatic N) is 3. The number of likely N-dealkylation sites (tertiary alicyclic amines) is 1. The fourth-order valence-corrected chi connectivity index (χ4v) is 5.54. The van der Waals surface area contributed by atoms with Crippen molar-refractivity contribution in [1.29, 1.82) is 5.26 Å². The first-order chi connectivity index (χ1) is 13.8. The Labute approximate surface area is 173 Å². The maximum absolute atomic E-state index is 12.5. The van der Waals surface area contributed by atoms with E-state index in [1.165, 1.54) is 6.26 Å². The van der Waals surface area contributed by atoms with Gasteiger partial charge in [-0.25, -0.2) is 8.42 Å². The highest BCUT2D eigenvalue weighted by Crippen LogP contribution is 2.47. The molecule has 4 rings (SSSR count). The van der Waals surface area contributed by atoms with Gasteiger partial charge in [-0.2, -0.15) is 5.26 Å². The van der Waals surface area contributed by atoms with Crippen LogP contribution in [0.2, 0.25) is 0 Å². The lowest BCUT2D eigenvalue weighted by Crippen LogP contribution is -2.45. The summed E-state index contributed by atoms with van der Waals surface area (Å²) >= 11 is 0. The molecule has 2 aliphatic heterocycles. The van der Waals surface area contributed by atoms with Crippen molar-refractivity contribution in [3.63, 3.8) is 0 Å². The predicted molar refractivity (Wildman–Crippen MR) is 111 cm³/mol. The fraction of sp³-hybridized carbons (Fsp3) is 0.636. The van der Waals surface area contributed by atoms with Gasteiger partial charge >= 0.3 is 0 Å². The molecule has 2 saturated heterocycles. The van der Waals surface area contributed by atoms with Crippen molar-refractivity contribution in [3.05, 3.63) is 24.3 Å². The molecule has 0 unspecified atom stereocenters. The number of carbonyl (C=O) groups is 1. The van der Waals surface area contributed by atoms with Gasteiger partial charge < -0.3 is 9.80 Å². The minimum absolute atomic E-state index is 0.0609. The Morgan fingerprint density at radius 2 is 1.52 bits per heavy atom. The van der Waals surface area contributed by atoms with Crippen LogP contribution in [0.5, 0.6) is 0 Å². The molecule has 29 heavy (non-hydrogen) atoms. The number of amides is 1. The molecular formula is C22H29N3O3S. The highest BCUT2D eigenvalue weighted by atomic mass is 32.2. The van der Waals surface area contributed by atoms with Crippen molar-refractivity contribution in [2.24, 2.45) is 17.3 Å². The second-order valence-electron chi connectivity index (χ2n) is 8.91. The van der Waals surface area contributed by atoms with E-state index in [1.54, 1.807) is 12.1 Å². The van der Waals surface area contributed by atoms with Crippen LogP contribution in [0.25, 0.3) is 0 Å². The second-order valence-corrected chi connectivity index (χ2v) is 10.9. The summed E-state index contributed by atoms with van der Waals surface area (Å²) < 4.78 is 23.3. The molecule has 2 heterocycles. The summed E-state index contributed by atoms with van der Waals surface area (Å²) in [5.41, 5.74) is 0.396. The number of piperidine rings is 2. The van der Waals surface area contributed by atoms with E-state index >= 15 is 0 Å². The van der Waals surface area contributed by atoms with Gasteiger partial charge in [0, 0.05) is 38.1 Å². The number of nitriles is 1. The minimum atomic E-state index is -3.16. The standard InChI is InChI=1S/C22H29N3O3S/c1-29(27,28)20-4-2-19(3-5-20)24-12-6-17(7-13-24)18-8-14-25(15-9-18)21(26)22(16-23)10-11-22/h2-5,17-18H,6-15H2,1H3. The monoisotopic (exact) mass is 415 g/mol. The summed E-state index contributed by atoms with van der Waals surface area (Å²) in [6, 6.07) is 9.42. The zero-order valence-corrected chi connectivity index (χ0v) is 17.8. The molecule has 3 aliphatic rings. The zero-order chi connectivity index (χ0) is 20.6. The van der Waals surface area contributed by atoms with E-state index in [-0.39, 0.29) is 5.91 Å². The van der Waals surface area contributed by atoms with E-state index in [0.717, 1.165) is 70.4 Å². The van der Waals surface area contributed by atoms with Crippen LogP contribution in [-0.4, -0.2) is 51.7 Å². The Morgan fingerprint density at radius 1 is 1.00 bits per heavy atom. The smallest absolute Gasteiger partial charge is 0.243 e. The molecule has 1 amide bonds. The first-order valence-electron chi connectivity index (χ1n) is 10.6. The molecule has 1 saturated carbocycles. The number of rotatable bonds is 4. The minimum Gasteiger partial charge on any atom is -0.372 e. The van der Waals surface area contributed by atoms with Crippen LogP contribution in [0.3, 0.4) is 0 Å². The second kappa shape index (κ2) is 7.64. The summed E-state index contributed by atoms with van der Waals surface area (Å²) in [5, 5.41) is 9.26. The van der Waals surface area contributed by atoms with E-state index in [9.17, 15) is 18.5 Å². The lowest BCUT2D eigenvalue weighted by molar-refractivity contribution is -0.136. The van der Waals surface area contributed by atoms with E-state index < -0.39 is 15.3 Å². The van der Waals surface area contributed by atoms with Crippen LogP contribution in [-0.2, 0) is 14.6 Å². The van der Waals surface area contributed by atoms with Crippen molar-refractivity contribution in [3.8, 4) is 6.07 Å². The molecule has 1 aromatic rings. The quantitative estimate of drug-likeness (QED) is 0.755. The lowest BCUT2D eigenvalue weighted by Gasteiger charge is -2.41.